The minimum absolute atomic E-state index is 0.0922. The third kappa shape index (κ3) is 4.55. The van der Waals surface area contributed by atoms with Crippen LogP contribution in [0.2, 0.25) is 0 Å². The smallest absolute Gasteiger partial charge is 0.253 e. The molecule has 166 valence electrons. The van der Waals surface area contributed by atoms with E-state index < -0.39 is 0 Å². The molecule has 4 aromatic rings. The lowest BCUT2D eigenvalue weighted by Gasteiger charge is -2.22. The Morgan fingerprint density at radius 3 is 2.64 bits per heavy atom. The number of amides is 1. The number of carbonyl (C=O) groups excluding carboxylic acids is 1. The molecular formula is C24H21N5O2S2. The zero-order valence-electron chi connectivity index (χ0n) is 17.8. The minimum Gasteiger partial charge on any atom is -0.497 e. The van der Waals surface area contributed by atoms with Crippen LogP contribution in [0.15, 0.2) is 76.2 Å². The van der Waals surface area contributed by atoms with Crippen molar-refractivity contribution in [2.75, 3.05) is 18.6 Å². The van der Waals surface area contributed by atoms with Gasteiger partial charge in [0.2, 0.25) is 5.13 Å². The predicted octanol–water partition coefficient (Wildman–Crippen LogP) is 4.75. The van der Waals surface area contributed by atoms with E-state index in [1.54, 1.807) is 12.1 Å². The molecule has 0 bridgehead atoms. The Kier molecular flexibility index (Phi) is 5.97. The standard InChI is InChI=1S/C24H21N5O2S2/c1-31-19-10-8-16(9-11-19)21-13-20(18-7-6-15-4-2-3-5-17(15)12-18)28-29(21)22(30)14-32-24-27-26-23(25)33-24/h2-12,21H,13-14H2,1H3,(H2,25,26). The van der Waals surface area contributed by atoms with E-state index in [9.17, 15) is 4.79 Å². The number of nitrogens with zero attached hydrogens (tertiary/aromatic N) is 4. The number of benzene rings is 3. The monoisotopic (exact) mass is 475 g/mol. The number of fused-ring (bicyclic) bond motifs is 1. The number of nitrogens with two attached hydrogens (primary N) is 1. The molecule has 1 aliphatic heterocycles. The lowest BCUT2D eigenvalue weighted by Crippen LogP contribution is -2.28. The van der Waals surface area contributed by atoms with Crippen molar-refractivity contribution in [3.05, 3.63) is 77.9 Å². The first kappa shape index (κ1) is 21.4. The summed E-state index contributed by atoms with van der Waals surface area (Å²) in [4.78, 5) is 13.2. The number of hydrogen-bond donors (Lipinski definition) is 1. The largest absolute Gasteiger partial charge is 0.497 e. The highest BCUT2D eigenvalue weighted by Gasteiger charge is 2.33. The normalized spacial score (nSPS) is 15.6. The van der Waals surface area contributed by atoms with Crippen molar-refractivity contribution < 1.29 is 9.53 Å². The average molecular weight is 476 g/mol. The van der Waals surface area contributed by atoms with Crippen molar-refractivity contribution in [2.45, 2.75) is 16.8 Å². The SMILES string of the molecule is COc1ccc(C2CC(c3ccc4ccccc4c3)=NN2C(=O)CSc2nnc(N)s2)cc1. The lowest BCUT2D eigenvalue weighted by molar-refractivity contribution is -0.130. The van der Waals surface area contributed by atoms with Crippen molar-refractivity contribution in [1.82, 2.24) is 15.2 Å². The van der Waals surface area contributed by atoms with Crippen LogP contribution in [0.1, 0.15) is 23.6 Å². The molecular weight excluding hydrogens is 454 g/mol. The van der Waals surface area contributed by atoms with Gasteiger partial charge in [-0.25, -0.2) is 5.01 Å². The van der Waals surface area contributed by atoms with Gasteiger partial charge in [0, 0.05) is 6.42 Å². The lowest BCUT2D eigenvalue weighted by atomic mass is 9.97. The maximum absolute atomic E-state index is 13.2. The summed E-state index contributed by atoms with van der Waals surface area (Å²) in [5, 5.41) is 16.9. The molecule has 0 saturated heterocycles. The third-order valence-electron chi connectivity index (χ3n) is 5.49. The molecule has 1 atom stereocenters. The first-order valence-electron chi connectivity index (χ1n) is 10.3. The van der Waals surface area contributed by atoms with E-state index in [1.807, 2.05) is 36.4 Å². The predicted molar refractivity (Wildman–Crippen MR) is 133 cm³/mol. The second-order valence-corrected chi connectivity index (χ2v) is 9.77. The second-order valence-electron chi connectivity index (χ2n) is 7.53. The Labute approximate surface area is 199 Å². The molecule has 0 fully saturated rings. The molecule has 2 heterocycles. The van der Waals surface area contributed by atoms with E-state index in [2.05, 4.69) is 40.5 Å². The quantitative estimate of drug-likeness (QED) is 0.405. The van der Waals surface area contributed by atoms with Crippen LogP contribution in [0, 0.1) is 0 Å². The maximum Gasteiger partial charge on any atom is 0.253 e. The molecule has 1 unspecified atom stereocenters. The number of methoxy groups -OCH3 is 1. The zero-order valence-corrected chi connectivity index (χ0v) is 19.5. The van der Waals surface area contributed by atoms with Crippen LogP contribution in [0.25, 0.3) is 10.8 Å². The Bertz CT molecular complexity index is 1340. The molecule has 9 heteroatoms. The van der Waals surface area contributed by atoms with Crippen molar-refractivity contribution in [2.24, 2.45) is 5.10 Å². The van der Waals surface area contributed by atoms with Gasteiger partial charge in [-0.2, -0.15) is 5.10 Å². The molecule has 3 aromatic carbocycles. The topological polar surface area (TPSA) is 93.7 Å². The fourth-order valence-electron chi connectivity index (χ4n) is 3.84. The number of thioether (sulfide) groups is 1. The van der Waals surface area contributed by atoms with Gasteiger partial charge in [-0.1, -0.05) is 71.6 Å². The van der Waals surface area contributed by atoms with E-state index in [1.165, 1.54) is 28.5 Å². The van der Waals surface area contributed by atoms with Crippen LogP contribution >= 0.6 is 23.1 Å². The fourth-order valence-corrected chi connectivity index (χ4v) is 5.33. The number of hydrogen-bond acceptors (Lipinski definition) is 8. The van der Waals surface area contributed by atoms with Crippen molar-refractivity contribution in [1.29, 1.82) is 0 Å². The number of anilines is 1. The van der Waals surface area contributed by atoms with Crippen LogP contribution in [0.4, 0.5) is 5.13 Å². The Balaban J connectivity index is 1.44. The minimum atomic E-state index is -0.190. The van der Waals surface area contributed by atoms with Gasteiger partial charge in [0.1, 0.15) is 5.75 Å². The van der Waals surface area contributed by atoms with Crippen LogP contribution in [0.5, 0.6) is 5.75 Å². The molecule has 0 radical (unpaired) electrons. The van der Waals surface area contributed by atoms with Crippen molar-refractivity contribution in [3.63, 3.8) is 0 Å². The number of nitrogen functional groups attached to an aromatic ring is 1. The summed E-state index contributed by atoms with van der Waals surface area (Å²) >= 11 is 2.59. The van der Waals surface area contributed by atoms with E-state index in [0.717, 1.165) is 28.0 Å². The Hall–Kier alpha value is -3.43. The highest BCUT2D eigenvalue weighted by atomic mass is 32.2. The van der Waals surface area contributed by atoms with Crippen LogP contribution in [0.3, 0.4) is 0 Å². The Morgan fingerprint density at radius 1 is 1.12 bits per heavy atom. The third-order valence-corrected chi connectivity index (χ3v) is 7.36. The van der Waals surface area contributed by atoms with E-state index >= 15 is 0 Å². The maximum atomic E-state index is 13.2. The molecule has 5 rings (SSSR count). The number of ether oxygens (including phenoxy) is 1. The molecule has 0 aliphatic carbocycles. The summed E-state index contributed by atoms with van der Waals surface area (Å²) in [6.07, 6.45) is 0.632. The van der Waals surface area contributed by atoms with Crippen molar-refractivity contribution in [3.8, 4) is 5.75 Å². The molecule has 2 N–H and O–H groups in total. The first-order valence-corrected chi connectivity index (χ1v) is 12.2. The zero-order chi connectivity index (χ0) is 22.8. The van der Waals surface area contributed by atoms with Crippen LogP contribution in [-0.2, 0) is 4.79 Å². The highest BCUT2D eigenvalue weighted by Crippen LogP contribution is 2.35. The molecule has 0 spiro atoms. The van der Waals surface area contributed by atoms with Gasteiger partial charge < -0.3 is 10.5 Å². The average Bonchev–Trinajstić information content (AvgIpc) is 3.49. The van der Waals surface area contributed by atoms with Gasteiger partial charge >= 0.3 is 0 Å². The number of hydrazone groups is 1. The first-order chi connectivity index (χ1) is 16.1. The molecule has 7 nitrogen and oxygen atoms in total. The van der Waals surface area contributed by atoms with Crippen LogP contribution < -0.4 is 10.5 Å². The molecule has 33 heavy (non-hydrogen) atoms. The van der Waals surface area contributed by atoms with Gasteiger partial charge in [-0.15, -0.1) is 10.2 Å². The number of carbonyl (C=O) groups is 1. The van der Waals surface area contributed by atoms with Gasteiger partial charge in [-0.3, -0.25) is 4.79 Å². The summed E-state index contributed by atoms with van der Waals surface area (Å²) in [5.74, 6) is 0.885. The van der Waals surface area contributed by atoms with E-state index in [-0.39, 0.29) is 17.7 Å². The second kappa shape index (κ2) is 9.21. The van der Waals surface area contributed by atoms with Gasteiger partial charge in [0.15, 0.2) is 4.34 Å². The van der Waals surface area contributed by atoms with E-state index in [4.69, 9.17) is 15.6 Å². The highest BCUT2D eigenvalue weighted by molar-refractivity contribution is 8.01. The van der Waals surface area contributed by atoms with Crippen LogP contribution in [-0.4, -0.2) is 39.7 Å². The molecule has 0 saturated carbocycles. The van der Waals surface area contributed by atoms with Gasteiger partial charge in [-0.05, 0) is 40.1 Å². The number of rotatable bonds is 6. The molecule has 1 amide bonds. The van der Waals surface area contributed by atoms with E-state index in [0.29, 0.717) is 15.9 Å². The Morgan fingerprint density at radius 2 is 1.91 bits per heavy atom. The summed E-state index contributed by atoms with van der Waals surface area (Å²) in [5.41, 5.74) is 8.57. The molecule has 1 aliphatic rings. The summed E-state index contributed by atoms with van der Waals surface area (Å²) in [6, 6.07) is 22.1. The fraction of sp³-hybridized carbons (Fsp3) is 0.167. The summed E-state index contributed by atoms with van der Waals surface area (Å²) < 4.78 is 5.96. The molecule has 1 aromatic heterocycles. The van der Waals surface area contributed by atoms with Crippen molar-refractivity contribution >= 4 is 50.6 Å². The summed E-state index contributed by atoms with van der Waals surface area (Å²) in [6.45, 7) is 0. The summed E-state index contributed by atoms with van der Waals surface area (Å²) in [7, 11) is 1.64. The number of aromatic nitrogens is 2. The van der Waals surface area contributed by atoms with Gasteiger partial charge in [0.25, 0.3) is 5.91 Å². The van der Waals surface area contributed by atoms with Gasteiger partial charge in [0.05, 0.1) is 24.6 Å².